The summed E-state index contributed by atoms with van der Waals surface area (Å²) in [7, 11) is 0. The van der Waals surface area contributed by atoms with Crippen molar-refractivity contribution in [2.75, 3.05) is 0 Å². The molecule has 0 fully saturated rings. The molecule has 2 aromatic carbocycles. The molecule has 3 aromatic rings. The van der Waals surface area contributed by atoms with Crippen LogP contribution >= 0.6 is 23.2 Å². The van der Waals surface area contributed by atoms with Crippen molar-refractivity contribution >= 4 is 40.8 Å². The molecule has 26 heavy (non-hydrogen) atoms. The summed E-state index contributed by atoms with van der Waals surface area (Å²) in [6.07, 6.45) is 1.58. The van der Waals surface area contributed by atoms with Gasteiger partial charge in [0.2, 0.25) is 0 Å². The zero-order valence-corrected chi connectivity index (χ0v) is 14.8. The van der Waals surface area contributed by atoms with Gasteiger partial charge in [0.25, 0.3) is 0 Å². The minimum atomic E-state index is -1.02. The zero-order valence-electron chi connectivity index (χ0n) is 13.2. The normalized spacial score (nSPS) is 11.2. The van der Waals surface area contributed by atoms with Gasteiger partial charge >= 0.3 is 5.97 Å². The third-order valence-corrected chi connectivity index (χ3v) is 4.51. The molecule has 0 saturated carbocycles. The molecule has 0 atom stereocenters. The number of hydrogen-bond donors (Lipinski definition) is 1. The lowest BCUT2D eigenvalue weighted by atomic mass is 10.0. The first kappa shape index (κ1) is 17.8. The van der Waals surface area contributed by atoms with Gasteiger partial charge in [-0.25, -0.2) is 4.79 Å². The van der Waals surface area contributed by atoms with Crippen LogP contribution in [0.2, 0.25) is 10.0 Å². The lowest BCUT2D eigenvalue weighted by Crippen LogP contribution is -1.95. The van der Waals surface area contributed by atoms with Crippen LogP contribution in [-0.4, -0.2) is 11.1 Å². The van der Waals surface area contributed by atoms with Gasteiger partial charge in [-0.3, -0.25) is 0 Å². The summed E-state index contributed by atoms with van der Waals surface area (Å²) < 4.78 is 5.76. The van der Waals surface area contributed by atoms with Crippen molar-refractivity contribution in [3.05, 3.63) is 81.5 Å². The second-order valence-electron chi connectivity index (χ2n) is 5.36. The third kappa shape index (κ3) is 3.65. The van der Waals surface area contributed by atoms with Crippen molar-refractivity contribution in [1.82, 2.24) is 0 Å². The van der Waals surface area contributed by atoms with Gasteiger partial charge in [-0.05, 0) is 48.0 Å². The van der Waals surface area contributed by atoms with Crippen LogP contribution < -0.4 is 0 Å². The van der Waals surface area contributed by atoms with Gasteiger partial charge in [-0.2, -0.15) is 5.26 Å². The van der Waals surface area contributed by atoms with Gasteiger partial charge in [0.1, 0.15) is 11.5 Å². The van der Waals surface area contributed by atoms with E-state index >= 15 is 0 Å². The number of aromatic carboxylic acids is 1. The fourth-order valence-corrected chi connectivity index (χ4v) is 2.78. The van der Waals surface area contributed by atoms with Gasteiger partial charge in [-0.1, -0.05) is 41.4 Å². The average molecular weight is 384 g/mol. The Balaban J connectivity index is 1.94. The molecule has 4 nitrogen and oxygen atoms in total. The van der Waals surface area contributed by atoms with E-state index in [1.54, 1.807) is 48.5 Å². The number of furan rings is 1. The molecule has 0 radical (unpaired) electrons. The first-order valence-electron chi connectivity index (χ1n) is 7.49. The number of nitrogens with zero attached hydrogens (tertiary/aromatic N) is 1. The number of allylic oxidation sites excluding steroid dienone is 1. The molecule has 0 aliphatic carbocycles. The van der Waals surface area contributed by atoms with Gasteiger partial charge in [0, 0.05) is 5.56 Å². The molecule has 0 saturated heterocycles. The van der Waals surface area contributed by atoms with E-state index in [1.807, 2.05) is 0 Å². The molecule has 1 aromatic heterocycles. The standard InChI is InChI=1S/C20H11Cl2NO3/c21-17-3-1-2-16(19(17)22)18-9-8-15(26-18)10-14(11-23)12-4-6-13(7-5-12)20(24)25/h1-10H,(H,24,25)/b14-10+. The number of carbonyl (C=O) groups is 1. The van der Waals surface area contributed by atoms with Crippen LogP contribution in [0.4, 0.5) is 0 Å². The van der Waals surface area contributed by atoms with Gasteiger partial charge in [0.05, 0.1) is 27.3 Å². The number of nitriles is 1. The second kappa shape index (κ2) is 7.49. The van der Waals surface area contributed by atoms with Crippen molar-refractivity contribution in [2.24, 2.45) is 0 Å². The van der Waals surface area contributed by atoms with E-state index < -0.39 is 5.97 Å². The van der Waals surface area contributed by atoms with Crippen molar-refractivity contribution in [3.63, 3.8) is 0 Å². The van der Waals surface area contributed by atoms with E-state index in [9.17, 15) is 10.1 Å². The van der Waals surface area contributed by atoms with Crippen molar-refractivity contribution in [1.29, 1.82) is 5.26 Å². The van der Waals surface area contributed by atoms with Crippen molar-refractivity contribution in [2.45, 2.75) is 0 Å². The zero-order chi connectivity index (χ0) is 18.7. The quantitative estimate of drug-likeness (QED) is 0.559. The summed E-state index contributed by atoms with van der Waals surface area (Å²) in [5.74, 6) is -0.0229. The van der Waals surface area contributed by atoms with E-state index in [4.69, 9.17) is 32.7 Å². The summed E-state index contributed by atoms with van der Waals surface area (Å²) >= 11 is 12.2. The van der Waals surface area contributed by atoms with Crippen LogP contribution in [0.25, 0.3) is 23.0 Å². The third-order valence-electron chi connectivity index (χ3n) is 3.69. The number of benzene rings is 2. The van der Waals surface area contributed by atoms with E-state index in [0.29, 0.717) is 38.3 Å². The maximum atomic E-state index is 10.9. The van der Waals surface area contributed by atoms with Crippen LogP contribution in [-0.2, 0) is 0 Å². The fraction of sp³-hybridized carbons (Fsp3) is 0. The van der Waals surface area contributed by atoms with Gasteiger partial charge in [-0.15, -0.1) is 0 Å². The van der Waals surface area contributed by atoms with Crippen LogP contribution in [0, 0.1) is 11.3 Å². The number of hydrogen-bond acceptors (Lipinski definition) is 3. The van der Waals surface area contributed by atoms with E-state index in [1.165, 1.54) is 12.1 Å². The molecule has 0 bridgehead atoms. The average Bonchev–Trinajstić information content (AvgIpc) is 3.10. The van der Waals surface area contributed by atoms with E-state index in [0.717, 1.165) is 0 Å². The molecule has 0 aliphatic rings. The highest BCUT2D eigenvalue weighted by Crippen LogP contribution is 2.34. The summed E-state index contributed by atoms with van der Waals surface area (Å²) in [6.45, 7) is 0. The van der Waals surface area contributed by atoms with Crippen molar-refractivity contribution in [3.8, 4) is 17.4 Å². The number of carboxylic acid groups (broad SMARTS) is 1. The molecule has 0 spiro atoms. The summed E-state index contributed by atoms with van der Waals surface area (Å²) in [5.41, 5.74) is 1.75. The highest BCUT2D eigenvalue weighted by atomic mass is 35.5. The number of halogens is 2. The molecule has 1 N–H and O–H groups in total. The molecule has 0 amide bonds. The Kier molecular flexibility index (Phi) is 5.13. The summed E-state index contributed by atoms with van der Waals surface area (Å²) in [6, 6.07) is 16.8. The van der Waals surface area contributed by atoms with Crippen LogP contribution in [0.1, 0.15) is 21.7 Å². The Morgan fingerprint density at radius 1 is 1.04 bits per heavy atom. The minimum absolute atomic E-state index is 0.155. The predicted molar refractivity (Wildman–Crippen MR) is 101 cm³/mol. The highest BCUT2D eigenvalue weighted by Gasteiger charge is 2.11. The molecular weight excluding hydrogens is 373 g/mol. The lowest BCUT2D eigenvalue weighted by molar-refractivity contribution is 0.0697. The van der Waals surface area contributed by atoms with Crippen LogP contribution in [0.5, 0.6) is 0 Å². The second-order valence-corrected chi connectivity index (χ2v) is 6.14. The maximum absolute atomic E-state index is 10.9. The Morgan fingerprint density at radius 2 is 1.73 bits per heavy atom. The Labute approximate surface area is 159 Å². The molecule has 0 unspecified atom stereocenters. The Hall–Kier alpha value is -3.00. The summed E-state index contributed by atoms with van der Waals surface area (Å²) in [5, 5.41) is 19.2. The lowest BCUT2D eigenvalue weighted by Gasteiger charge is -2.02. The predicted octanol–water partition coefficient (Wildman–Crippen LogP) is 6.02. The monoisotopic (exact) mass is 383 g/mol. The Bertz CT molecular complexity index is 1040. The first-order chi connectivity index (χ1) is 12.5. The molecule has 6 heteroatoms. The summed E-state index contributed by atoms with van der Waals surface area (Å²) in [4.78, 5) is 10.9. The molecular formula is C20H11Cl2NO3. The highest BCUT2D eigenvalue weighted by molar-refractivity contribution is 6.43. The largest absolute Gasteiger partial charge is 0.478 e. The van der Waals surface area contributed by atoms with Crippen LogP contribution in [0.15, 0.2) is 59.0 Å². The van der Waals surface area contributed by atoms with Gasteiger partial charge in [0.15, 0.2) is 0 Å². The van der Waals surface area contributed by atoms with Gasteiger partial charge < -0.3 is 9.52 Å². The molecule has 1 heterocycles. The fourth-order valence-electron chi connectivity index (χ4n) is 2.38. The SMILES string of the molecule is N#C/C(=C\c1ccc(-c2cccc(Cl)c2Cl)o1)c1ccc(C(=O)O)cc1. The first-order valence-corrected chi connectivity index (χ1v) is 8.25. The van der Waals surface area contributed by atoms with E-state index in [-0.39, 0.29) is 5.56 Å². The topological polar surface area (TPSA) is 74.2 Å². The number of carboxylic acids is 1. The Morgan fingerprint density at radius 3 is 2.38 bits per heavy atom. The molecule has 128 valence electrons. The van der Waals surface area contributed by atoms with Crippen LogP contribution in [0.3, 0.4) is 0 Å². The van der Waals surface area contributed by atoms with E-state index in [2.05, 4.69) is 6.07 Å². The smallest absolute Gasteiger partial charge is 0.335 e. The molecule has 0 aliphatic heterocycles. The minimum Gasteiger partial charge on any atom is -0.478 e. The van der Waals surface area contributed by atoms with Crippen molar-refractivity contribution < 1.29 is 14.3 Å². The number of rotatable bonds is 4. The maximum Gasteiger partial charge on any atom is 0.335 e. The molecule has 3 rings (SSSR count).